The molecule has 1 atom stereocenters. The molecule has 0 spiro atoms. The monoisotopic (exact) mass is 715 g/mol. The lowest BCUT2D eigenvalue weighted by molar-refractivity contribution is -0.130. The molecule has 2 heterocycles. The first-order chi connectivity index (χ1) is 25.2. The first kappa shape index (κ1) is 36.7. The third-order valence-corrected chi connectivity index (χ3v) is 9.50. The number of carbonyl (C=O) groups excluding carboxylic acids is 1. The molecule has 52 heavy (non-hydrogen) atoms. The maximum absolute atomic E-state index is 13.3. The number of piperazine rings is 1. The number of benzene rings is 4. The van der Waals surface area contributed by atoms with Crippen molar-refractivity contribution >= 4 is 23.6 Å². The molecule has 1 aromatic heterocycles. The van der Waals surface area contributed by atoms with Gasteiger partial charge in [-0.15, -0.1) is 0 Å². The number of hydrogen-bond donors (Lipinski definition) is 0. The largest absolute Gasteiger partial charge is 0.493 e. The second-order valence-electron chi connectivity index (χ2n) is 13.5. The van der Waals surface area contributed by atoms with Gasteiger partial charge in [-0.25, -0.2) is 4.98 Å². The number of carbonyl (C=O) groups is 1. The molecule has 0 bridgehead atoms. The van der Waals surface area contributed by atoms with E-state index in [-0.39, 0.29) is 11.9 Å². The van der Waals surface area contributed by atoms with E-state index in [1.807, 2.05) is 42.2 Å². The lowest BCUT2D eigenvalue weighted by Gasteiger charge is -2.39. The number of aromatic nitrogens is 1. The Morgan fingerprint density at radius 3 is 2.17 bits per heavy atom. The predicted molar refractivity (Wildman–Crippen MR) is 208 cm³/mol. The van der Waals surface area contributed by atoms with Crippen LogP contribution in [0.2, 0.25) is 5.02 Å². The number of halogens is 1. The van der Waals surface area contributed by atoms with Crippen LogP contribution in [-0.2, 0) is 24.4 Å². The fourth-order valence-corrected chi connectivity index (χ4v) is 6.52. The molecule has 0 unspecified atom stereocenters. The van der Waals surface area contributed by atoms with Crippen LogP contribution in [0, 0.1) is 20.8 Å². The highest BCUT2D eigenvalue weighted by molar-refractivity contribution is 6.32. The maximum atomic E-state index is 13.3. The number of rotatable bonds is 13. The average molecular weight is 716 g/mol. The van der Waals surface area contributed by atoms with Gasteiger partial charge in [0.1, 0.15) is 18.1 Å². The van der Waals surface area contributed by atoms with E-state index in [9.17, 15) is 4.79 Å². The predicted octanol–water partition coefficient (Wildman–Crippen LogP) is 9.40. The minimum atomic E-state index is -0.00709. The molecule has 4 aromatic carbocycles. The fraction of sp³-hybridized carbons (Fsp3) is 0.273. The normalized spacial score (nSPS) is 14.8. The summed E-state index contributed by atoms with van der Waals surface area (Å²) < 4.78 is 17.8. The zero-order valence-corrected chi connectivity index (χ0v) is 31.1. The molecule has 268 valence electrons. The van der Waals surface area contributed by atoms with Gasteiger partial charge < -0.3 is 19.1 Å². The Balaban J connectivity index is 0.953. The summed E-state index contributed by atoms with van der Waals surface area (Å²) in [6.07, 6.45) is 5.95. The minimum Gasteiger partial charge on any atom is -0.493 e. The van der Waals surface area contributed by atoms with Crippen molar-refractivity contribution in [2.75, 3.05) is 26.2 Å². The van der Waals surface area contributed by atoms with Crippen LogP contribution in [0.1, 0.15) is 45.9 Å². The van der Waals surface area contributed by atoms with Gasteiger partial charge in [-0.2, -0.15) is 0 Å². The van der Waals surface area contributed by atoms with Crippen LogP contribution in [-0.4, -0.2) is 53.0 Å². The van der Waals surface area contributed by atoms with Crippen molar-refractivity contribution in [1.29, 1.82) is 0 Å². The van der Waals surface area contributed by atoms with Gasteiger partial charge in [0.2, 0.25) is 11.8 Å². The summed E-state index contributed by atoms with van der Waals surface area (Å²) >= 11 is 6.65. The number of hydrogen-bond acceptors (Lipinski definition) is 6. The van der Waals surface area contributed by atoms with Crippen molar-refractivity contribution in [3.63, 3.8) is 0 Å². The number of amides is 1. The van der Waals surface area contributed by atoms with Gasteiger partial charge in [0, 0.05) is 50.8 Å². The molecule has 1 aliphatic rings. The van der Waals surface area contributed by atoms with Gasteiger partial charge in [0.05, 0.1) is 17.8 Å². The van der Waals surface area contributed by atoms with Crippen LogP contribution < -0.4 is 14.2 Å². The van der Waals surface area contributed by atoms with Gasteiger partial charge in [-0.05, 0) is 91.9 Å². The molecule has 1 aliphatic heterocycles. The number of ether oxygens (including phenoxy) is 3. The van der Waals surface area contributed by atoms with Gasteiger partial charge in [-0.1, -0.05) is 83.4 Å². The van der Waals surface area contributed by atoms with E-state index in [0.717, 1.165) is 48.5 Å². The maximum Gasteiger partial charge on any atom is 0.246 e. The first-order valence-corrected chi connectivity index (χ1v) is 18.2. The van der Waals surface area contributed by atoms with Crippen molar-refractivity contribution in [1.82, 2.24) is 14.8 Å². The molecule has 8 heteroatoms. The Hall–Kier alpha value is -5.11. The molecular weight excluding hydrogens is 670 g/mol. The topological polar surface area (TPSA) is 64.1 Å². The van der Waals surface area contributed by atoms with Gasteiger partial charge >= 0.3 is 0 Å². The molecule has 0 aliphatic carbocycles. The van der Waals surface area contributed by atoms with Crippen LogP contribution in [0.15, 0.2) is 109 Å². The molecule has 1 amide bonds. The molecule has 0 radical (unpaired) electrons. The zero-order valence-electron chi connectivity index (χ0n) is 30.3. The van der Waals surface area contributed by atoms with Crippen molar-refractivity contribution < 1.29 is 19.0 Å². The Morgan fingerprint density at radius 2 is 1.50 bits per heavy atom. The summed E-state index contributed by atoms with van der Waals surface area (Å²) in [6, 6.07) is 32.6. The molecule has 1 fully saturated rings. The molecule has 0 N–H and O–H groups in total. The summed E-state index contributed by atoms with van der Waals surface area (Å²) in [6.45, 7) is 12.4. The van der Waals surface area contributed by atoms with Gasteiger partial charge in [0.15, 0.2) is 5.75 Å². The standard InChI is InChI=1S/C44H46ClN3O4/c1-31-5-9-37(10-6-31)30-51-40-18-19-42(46-27-40)52-44-33(3)25-38(26-41(44)45)15-20-43(49)48-23-22-47(28-34(48)4)29-36-13-11-35(12-14-36)21-24-50-39-16-7-32(2)8-17-39/h5-20,25-27,34H,21-24,28-30H2,1-4H3/b20-15+/t34-/m0/s1. The molecule has 7 nitrogen and oxygen atoms in total. The quantitative estimate of drug-likeness (QED) is 0.113. The Morgan fingerprint density at radius 1 is 0.827 bits per heavy atom. The third kappa shape index (κ3) is 10.2. The van der Waals surface area contributed by atoms with E-state index in [1.165, 1.54) is 22.3 Å². The highest BCUT2D eigenvalue weighted by Crippen LogP contribution is 2.34. The summed E-state index contributed by atoms with van der Waals surface area (Å²) in [7, 11) is 0. The van der Waals surface area contributed by atoms with Crippen LogP contribution in [0.4, 0.5) is 0 Å². The van der Waals surface area contributed by atoms with E-state index in [2.05, 4.69) is 91.3 Å². The second kappa shape index (κ2) is 17.4. The Bertz CT molecular complexity index is 1940. The van der Waals surface area contributed by atoms with E-state index >= 15 is 0 Å². The highest BCUT2D eigenvalue weighted by Gasteiger charge is 2.26. The lowest BCUT2D eigenvalue weighted by Crippen LogP contribution is -2.53. The van der Waals surface area contributed by atoms with Crippen molar-refractivity contribution in [3.05, 3.63) is 153 Å². The zero-order chi connectivity index (χ0) is 36.5. The van der Waals surface area contributed by atoms with E-state index in [4.69, 9.17) is 25.8 Å². The van der Waals surface area contributed by atoms with E-state index in [1.54, 1.807) is 24.4 Å². The number of aryl methyl sites for hydroxylation is 3. The van der Waals surface area contributed by atoms with E-state index < -0.39 is 0 Å². The summed E-state index contributed by atoms with van der Waals surface area (Å²) in [5.74, 6) is 2.49. The average Bonchev–Trinajstić information content (AvgIpc) is 3.14. The summed E-state index contributed by atoms with van der Waals surface area (Å²) in [4.78, 5) is 22.0. The Labute approximate surface area is 312 Å². The molecular formula is C44H46ClN3O4. The lowest BCUT2D eigenvalue weighted by atomic mass is 10.1. The van der Waals surface area contributed by atoms with Crippen LogP contribution in [0.5, 0.6) is 23.1 Å². The smallest absolute Gasteiger partial charge is 0.246 e. The summed E-state index contributed by atoms with van der Waals surface area (Å²) in [5.41, 5.74) is 7.72. The van der Waals surface area contributed by atoms with Crippen LogP contribution in [0.25, 0.3) is 6.08 Å². The fourth-order valence-electron chi connectivity index (χ4n) is 6.21. The first-order valence-electron chi connectivity index (χ1n) is 17.8. The van der Waals surface area contributed by atoms with Crippen molar-refractivity contribution in [2.45, 2.75) is 53.3 Å². The van der Waals surface area contributed by atoms with Crippen LogP contribution in [0.3, 0.4) is 0 Å². The number of pyridine rings is 1. The molecule has 5 aromatic rings. The van der Waals surface area contributed by atoms with Crippen molar-refractivity contribution in [3.8, 4) is 23.1 Å². The molecule has 6 rings (SSSR count). The Kier molecular flexibility index (Phi) is 12.3. The van der Waals surface area contributed by atoms with Crippen molar-refractivity contribution in [2.24, 2.45) is 0 Å². The SMILES string of the molecule is Cc1ccc(COc2ccc(Oc3c(C)cc(/C=C/C(=O)N4CCN(Cc5ccc(CCOc6ccc(C)cc6)cc5)C[C@@H]4C)cc3Cl)nc2)cc1. The second-order valence-corrected chi connectivity index (χ2v) is 13.9. The molecule has 1 saturated heterocycles. The third-order valence-electron chi connectivity index (χ3n) is 9.22. The van der Waals surface area contributed by atoms with E-state index in [0.29, 0.717) is 42.2 Å². The minimum absolute atomic E-state index is 0.00709. The van der Waals surface area contributed by atoms with Gasteiger partial charge in [-0.3, -0.25) is 9.69 Å². The summed E-state index contributed by atoms with van der Waals surface area (Å²) in [5, 5.41) is 0.444. The number of nitrogens with zero attached hydrogens (tertiary/aromatic N) is 3. The molecule has 0 saturated carbocycles. The van der Waals surface area contributed by atoms with Gasteiger partial charge in [0.25, 0.3) is 0 Å². The highest BCUT2D eigenvalue weighted by atomic mass is 35.5. The van der Waals surface area contributed by atoms with Crippen LogP contribution >= 0.6 is 11.6 Å².